The van der Waals surface area contributed by atoms with Crippen molar-refractivity contribution in [1.82, 2.24) is 4.98 Å². The lowest BCUT2D eigenvalue weighted by Crippen LogP contribution is -1.94. The molecule has 0 unspecified atom stereocenters. The first kappa shape index (κ1) is 17.4. The molecule has 3 aromatic rings. The molecule has 3 rings (SSSR count). The minimum Gasteiger partial charge on any atom is -0.493 e. The van der Waals surface area contributed by atoms with Crippen molar-refractivity contribution in [3.63, 3.8) is 0 Å². The van der Waals surface area contributed by atoms with Crippen LogP contribution in [0.2, 0.25) is 5.02 Å². The second-order valence-electron chi connectivity index (χ2n) is 5.03. The molecule has 0 saturated carbocycles. The number of fused-ring (bicyclic) bond motifs is 1. The van der Waals surface area contributed by atoms with Crippen LogP contribution < -0.4 is 9.47 Å². The average molecular weight is 350 g/mol. The molecule has 1 heterocycles. The Hall–Kier alpha value is -1.97. The highest BCUT2D eigenvalue weighted by molar-refractivity contribution is 6.30. The molecule has 0 atom stereocenters. The Balaban J connectivity index is 0.00000192. The third kappa shape index (κ3) is 3.36. The van der Waals surface area contributed by atoms with E-state index >= 15 is 0 Å². The van der Waals surface area contributed by atoms with E-state index in [2.05, 4.69) is 0 Å². The standard InChI is InChI=1S/C18H16ClNO2.ClH/c1-11-15-10-18(22-3)17(21-2)9-13(15)8-16(20-11)12-4-6-14(19)7-5-12;/h4-10H,1-3H3;1H. The summed E-state index contributed by atoms with van der Waals surface area (Å²) in [6, 6.07) is 13.7. The zero-order valence-corrected chi connectivity index (χ0v) is 14.7. The van der Waals surface area contributed by atoms with Crippen molar-refractivity contribution in [3.05, 3.63) is 53.2 Å². The fourth-order valence-corrected chi connectivity index (χ4v) is 2.64. The summed E-state index contributed by atoms with van der Waals surface area (Å²) in [5, 5.41) is 2.83. The summed E-state index contributed by atoms with van der Waals surface area (Å²) in [7, 11) is 3.27. The molecule has 0 bridgehead atoms. The van der Waals surface area contributed by atoms with Crippen LogP contribution in [-0.2, 0) is 0 Å². The number of hydrogen-bond donors (Lipinski definition) is 0. The smallest absolute Gasteiger partial charge is 0.161 e. The molecular weight excluding hydrogens is 333 g/mol. The lowest BCUT2D eigenvalue weighted by Gasteiger charge is -2.12. The van der Waals surface area contributed by atoms with Crippen molar-refractivity contribution >= 4 is 34.8 Å². The molecule has 0 spiro atoms. The number of hydrogen-bond acceptors (Lipinski definition) is 3. The van der Waals surface area contributed by atoms with Crippen LogP contribution in [0.5, 0.6) is 11.5 Å². The largest absolute Gasteiger partial charge is 0.493 e. The van der Waals surface area contributed by atoms with Crippen molar-refractivity contribution < 1.29 is 9.47 Å². The Bertz CT molecular complexity index is 833. The molecular formula is C18H17Cl2NO2. The Morgan fingerprint density at radius 1 is 0.913 bits per heavy atom. The van der Waals surface area contributed by atoms with Crippen LogP contribution in [0.15, 0.2) is 42.5 Å². The Kier molecular flexibility index (Phi) is 5.34. The second-order valence-corrected chi connectivity index (χ2v) is 5.46. The van der Waals surface area contributed by atoms with Gasteiger partial charge in [0, 0.05) is 21.7 Å². The number of aromatic nitrogens is 1. The highest BCUT2D eigenvalue weighted by Gasteiger charge is 2.10. The molecule has 0 aliphatic carbocycles. The first-order valence-corrected chi connectivity index (χ1v) is 7.29. The SMILES string of the molecule is COc1cc2cc(-c3ccc(Cl)cc3)nc(C)c2cc1OC.Cl. The number of nitrogens with zero attached hydrogens (tertiary/aromatic N) is 1. The van der Waals surface area contributed by atoms with E-state index in [0.717, 1.165) is 27.7 Å². The van der Waals surface area contributed by atoms with E-state index in [1.54, 1.807) is 14.2 Å². The maximum Gasteiger partial charge on any atom is 0.161 e. The van der Waals surface area contributed by atoms with Crippen molar-refractivity contribution in [2.75, 3.05) is 14.2 Å². The fraction of sp³-hybridized carbons (Fsp3) is 0.167. The van der Waals surface area contributed by atoms with Crippen LogP contribution in [-0.4, -0.2) is 19.2 Å². The Morgan fingerprint density at radius 3 is 2.13 bits per heavy atom. The summed E-state index contributed by atoms with van der Waals surface area (Å²) in [6.45, 7) is 1.99. The number of methoxy groups -OCH3 is 2. The highest BCUT2D eigenvalue weighted by Crippen LogP contribution is 2.34. The van der Waals surface area contributed by atoms with Gasteiger partial charge in [-0.3, -0.25) is 4.98 Å². The molecule has 0 saturated heterocycles. The van der Waals surface area contributed by atoms with Crippen LogP contribution in [0.3, 0.4) is 0 Å². The molecule has 120 valence electrons. The number of pyridine rings is 1. The topological polar surface area (TPSA) is 31.4 Å². The minimum absolute atomic E-state index is 0. The van der Waals surface area contributed by atoms with Crippen LogP contribution >= 0.6 is 24.0 Å². The zero-order chi connectivity index (χ0) is 15.7. The van der Waals surface area contributed by atoms with E-state index in [1.807, 2.05) is 49.4 Å². The van der Waals surface area contributed by atoms with Gasteiger partial charge in [0.1, 0.15) is 0 Å². The third-order valence-corrected chi connectivity index (χ3v) is 3.92. The summed E-state index contributed by atoms with van der Waals surface area (Å²) >= 11 is 5.95. The molecule has 5 heteroatoms. The second kappa shape index (κ2) is 7.07. The van der Waals surface area contributed by atoms with Crippen molar-refractivity contribution in [2.45, 2.75) is 6.92 Å². The van der Waals surface area contributed by atoms with E-state index in [9.17, 15) is 0 Å². The molecule has 0 aliphatic heterocycles. The summed E-state index contributed by atoms with van der Waals surface area (Å²) in [5.41, 5.74) is 2.89. The third-order valence-electron chi connectivity index (χ3n) is 3.67. The molecule has 23 heavy (non-hydrogen) atoms. The molecule has 0 N–H and O–H groups in total. The van der Waals surface area contributed by atoms with E-state index in [4.69, 9.17) is 26.1 Å². The van der Waals surface area contributed by atoms with Crippen molar-refractivity contribution in [1.29, 1.82) is 0 Å². The zero-order valence-electron chi connectivity index (χ0n) is 13.1. The molecule has 1 aromatic heterocycles. The summed E-state index contributed by atoms with van der Waals surface area (Å²) in [6.07, 6.45) is 0. The van der Waals surface area contributed by atoms with Gasteiger partial charge in [-0.05, 0) is 42.6 Å². The van der Waals surface area contributed by atoms with Crippen LogP contribution in [0.25, 0.3) is 22.0 Å². The number of benzene rings is 2. The molecule has 0 fully saturated rings. The number of ether oxygens (including phenoxy) is 2. The predicted molar refractivity (Wildman–Crippen MR) is 97.3 cm³/mol. The van der Waals surface area contributed by atoms with Gasteiger partial charge < -0.3 is 9.47 Å². The lowest BCUT2D eigenvalue weighted by molar-refractivity contribution is 0.356. The van der Waals surface area contributed by atoms with E-state index < -0.39 is 0 Å². The van der Waals surface area contributed by atoms with E-state index in [0.29, 0.717) is 16.5 Å². The van der Waals surface area contributed by atoms with Gasteiger partial charge in [0.15, 0.2) is 11.5 Å². The fourth-order valence-electron chi connectivity index (χ4n) is 2.52. The number of rotatable bonds is 3. The predicted octanol–water partition coefficient (Wildman–Crippen LogP) is 5.30. The van der Waals surface area contributed by atoms with Gasteiger partial charge in [-0.25, -0.2) is 0 Å². The van der Waals surface area contributed by atoms with E-state index in [1.165, 1.54) is 0 Å². The maximum absolute atomic E-state index is 5.95. The lowest BCUT2D eigenvalue weighted by atomic mass is 10.0. The van der Waals surface area contributed by atoms with Gasteiger partial charge in [-0.1, -0.05) is 23.7 Å². The minimum atomic E-state index is 0. The first-order chi connectivity index (χ1) is 10.6. The van der Waals surface area contributed by atoms with Gasteiger partial charge in [0.2, 0.25) is 0 Å². The van der Waals surface area contributed by atoms with E-state index in [-0.39, 0.29) is 12.4 Å². The molecule has 0 amide bonds. The monoisotopic (exact) mass is 349 g/mol. The highest BCUT2D eigenvalue weighted by atomic mass is 35.5. The molecule has 2 aromatic carbocycles. The van der Waals surface area contributed by atoms with Gasteiger partial charge in [-0.15, -0.1) is 12.4 Å². The van der Waals surface area contributed by atoms with Gasteiger partial charge in [0.05, 0.1) is 19.9 Å². The normalized spacial score (nSPS) is 10.3. The average Bonchev–Trinajstić information content (AvgIpc) is 2.54. The summed E-state index contributed by atoms with van der Waals surface area (Å²) in [5.74, 6) is 1.42. The Labute approximate surface area is 146 Å². The van der Waals surface area contributed by atoms with Crippen molar-refractivity contribution in [2.24, 2.45) is 0 Å². The summed E-state index contributed by atoms with van der Waals surface area (Å²) < 4.78 is 10.7. The summed E-state index contributed by atoms with van der Waals surface area (Å²) in [4.78, 5) is 4.69. The van der Waals surface area contributed by atoms with Crippen LogP contribution in [0.4, 0.5) is 0 Å². The first-order valence-electron chi connectivity index (χ1n) is 6.91. The van der Waals surface area contributed by atoms with Crippen LogP contribution in [0, 0.1) is 6.92 Å². The quantitative estimate of drug-likeness (QED) is 0.642. The van der Waals surface area contributed by atoms with Crippen molar-refractivity contribution in [3.8, 4) is 22.8 Å². The Morgan fingerprint density at radius 2 is 1.52 bits per heavy atom. The molecule has 0 radical (unpaired) electrons. The molecule has 3 nitrogen and oxygen atoms in total. The maximum atomic E-state index is 5.95. The van der Waals surface area contributed by atoms with Gasteiger partial charge >= 0.3 is 0 Å². The van der Waals surface area contributed by atoms with Crippen LogP contribution in [0.1, 0.15) is 5.69 Å². The van der Waals surface area contributed by atoms with Gasteiger partial charge in [-0.2, -0.15) is 0 Å². The molecule has 0 aliphatic rings. The van der Waals surface area contributed by atoms with Gasteiger partial charge in [0.25, 0.3) is 0 Å². The number of aryl methyl sites for hydroxylation is 1. The number of halogens is 2.